The summed E-state index contributed by atoms with van der Waals surface area (Å²) in [7, 11) is 0. The van der Waals surface area contributed by atoms with Gasteiger partial charge in [0.25, 0.3) is 0 Å². The number of carbonyl (C=O) groups excluding carboxylic acids is 2. The van der Waals surface area contributed by atoms with Gasteiger partial charge in [-0.2, -0.15) is 5.10 Å². The van der Waals surface area contributed by atoms with Crippen molar-refractivity contribution in [3.05, 3.63) is 72.3 Å². The molecule has 7 heteroatoms. The van der Waals surface area contributed by atoms with Crippen LogP contribution in [0.1, 0.15) is 5.56 Å². The van der Waals surface area contributed by atoms with Crippen molar-refractivity contribution >= 4 is 46.3 Å². The number of thioether (sulfide) groups is 1. The molecule has 0 bridgehead atoms. The number of fused-ring (bicyclic) bond motifs is 1. The molecule has 0 radical (unpaired) electrons. The monoisotopic (exact) mass is 393 g/mol. The van der Waals surface area contributed by atoms with Gasteiger partial charge in [0.05, 0.1) is 17.7 Å². The number of aromatic hydroxyl groups is 1. The number of phenolic OH excluding ortho intramolecular Hbond substituents is 1. The van der Waals surface area contributed by atoms with Crippen LogP contribution in [0.2, 0.25) is 0 Å². The smallest absolute Gasteiger partial charge is 0.250 e. The molecule has 0 aliphatic rings. The van der Waals surface area contributed by atoms with Gasteiger partial charge in [0.15, 0.2) is 0 Å². The first-order valence-electron chi connectivity index (χ1n) is 8.59. The van der Waals surface area contributed by atoms with Gasteiger partial charge in [0.2, 0.25) is 11.8 Å². The summed E-state index contributed by atoms with van der Waals surface area (Å²) in [5, 5.41) is 18.5. The average molecular weight is 393 g/mol. The molecule has 0 saturated heterocycles. The van der Waals surface area contributed by atoms with Crippen LogP contribution in [0.3, 0.4) is 0 Å². The van der Waals surface area contributed by atoms with Crippen LogP contribution in [0, 0.1) is 0 Å². The highest BCUT2D eigenvalue weighted by atomic mass is 32.2. The maximum Gasteiger partial charge on any atom is 0.250 e. The fourth-order valence-corrected chi connectivity index (χ4v) is 3.19. The second-order valence-corrected chi connectivity index (χ2v) is 6.91. The van der Waals surface area contributed by atoms with E-state index in [9.17, 15) is 14.7 Å². The third kappa shape index (κ3) is 5.34. The van der Waals surface area contributed by atoms with Gasteiger partial charge in [-0.1, -0.05) is 48.5 Å². The van der Waals surface area contributed by atoms with E-state index in [1.807, 2.05) is 48.5 Å². The Kier molecular flexibility index (Phi) is 6.64. The minimum absolute atomic E-state index is 0.0867. The number of amides is 2. The van der Waals surface area contributed by atoms with Gasteiger partial charge in [0, 0.05) is 11.3 Å². The zero-order valence-electron chi connectivity index (χ0n) is 15.0. The third-order valence-electron chi connectivity index (χ3n) is 3.85. The van der Waals surface area contributed by atoms with Crippen LogP contribution in [0.5, 0.6) is 5.75 Å². The van der Waals surface area contributed by atoms with E-state index in [4.69, 9.17) is 0 Å². The number of carbonyl (C=O) groups is 2. The Balaban J connectivity index is 1.47. The molecular formula is C21H19N3O3S. The normalized spacial score (nSPS) is 10.9. The number of hydrazone groups is 1. The third-order valence-corrected chi connectivity index (χ3v) is 4.79. The molecule has 0 spiro atoms. The van der Waals surface area contributed by atoms with Crippen LogP contribution in [0.25, 0.3) is 10.8 Å². The zero-order chi connectivity index (χ0) is 19.8. The van der Waals surface area contributed by atoms with Crippen molar-refractivity contribution in [1.29, 1.82) is 0 Å². The number of nitrogens with one attached hydrogen (secondary N) is 2. The summed E-state index contributed by atoms with van der Waals surface area (Å²) in [6.45, 7) is 0. The van der Waals surface area contributed by atoms with Crippen LogP contribution in [-0.4, -0.2) is 34.6 Å². The second-order valence-electron chi connectivity index (χ2n) is 5.92. The van der Waals surface area contributed by atoms with Gasteiger partial charge in [-0.25, -0.2) is 5.43 Å². The van der Waals surface area contributed by atoms with Gasteiger partial charge >= 0.3 is 0 Å². The van der Waals surface area contributed by atoms with E-state index in [2.05, 4.69) is 15.8 Å². The molecular weight excluding hydrogens is 374 g/mol. The average Bonchev–Trinajstić information content (AvgIpc) is 2.70. The molecule has 3 N–H and O–H groups in total. The summed E-state index contributed by atoms with van der Waals surface area (Å²) in [5.41, 5.74) is 3.67. The summed E-state index contributed by atoms with van der Waals surface area (Å²) >= 11 is 1.19. The Bertz CT molecular complexity index is 1010. The largest absolute Gasteiger partial charge is 0.507 e. The molecule has 6 nitrogen and oxygen atoms in total. The van der Waals surface area contributed by atoms with Gasteiger partial charge in [0.1, 0.15) is 5.75 Å². The van der Waals surface area contributed by atoms with E-state index in [1.54, 1.807) is 18.2 Å². The number of hydrogen-bond donors (Lipinski definition) is 3. The molecule has 2 amide bonds. The Morgan fingerprint density at radius 3 is 2.46 bits per heavy atom. The molecule has 0 aliphatic heterocycles. The molecule has 0 heterocycles. The molecule has 142 valence electrons. The number of hydrogen-bond acceptors (Lipinski definition) is 5. The van der Waals surface area contributed by atoms with Crippen LogP contribution in [-0.2, 0) is 9.59 Å². The lowest BCUT2D eigenvalue weighted by molar-refractivity contribution is -0.118. The van der Waals surface area contributed by atoms with Crippen LogP contribution in [0.15, 0.2) is 71.8 Å². The molecule has 3 aromatic carbocycles. The highest BCUT2D eigenvalue weighted by Crippen LogP contribution is 2.25. The molecule has 0 saturated carbocycles. The van der Waals surface area contributed by atoms with E-state index >= 15 is 0 Å². The SMILES string of the molecule is O=C(CSCC(=O)Nc1ccccc1)N/N=C/c1c(O)ccc2ccccc12. The predicted octanol–water partition coefficient (Wildman–Crippen LogP) is 3.37. The quantitative estimate of drug-likeness (QED) is 0.424. The van der Waals surface area contributed by atoms with Gasteiger partial charge < -0.3 is 10.4 Å². The number of phenols is 1. The molecule has 3 aromatic rings. The van der Waals surface area contributed by atoms with E-state index in [1.165, 1.54) is 18.0 Å². The summed E-state index contributed by atoms with van der Waals surface area (Å²) in [5.74, 6) is -0.151. The van der Waals surface area contributed by atoms with Crippen molar-refractivity contribution in [2.24, 2.45) is 5.10 Å². The fourth-order valence-electron chi connectivity index (χ4n) is 2.58. The van der Waals surface area contributed by atoms with Crippen LogP contribution >= 0.6 is 11.8 Å². The van der Waals surface area contributed by atoms with Gasteiger partial charge in [-0.15, -0.1) is 11.8 Å². The first kappa shape index (κ1) is 19.4. The summed E-state index contributed by atoms with van der Waals surface area (Å²) in [4.78, 5) is 23.7. The first-order valence-corrected chi connectivity index (χ1v) is 9.74. The Hall–Kier alpha value is -3.32. The standard InChI is InChI=1S/C21H19N3O3S/c25-19-11-10-15-6-4-5-9-17(15)18(19)12-22-24-21(27)14-28-13-20(26)23-16-7-2-1-3-8-16/h1-12,25H,13-14H2,(H,23,26)(H,24,27)/b22-12+. The maximum absolute atomic E-state index is 11.9. The lowest BCUT2D eigenvalue weighted by Gasteiger charge is -2.05. The van der Waals surface area contributed by atoms with E-state index in [0.717, 1.165) is 16.5 Å². The number of nitrogens with zero attached hydrogens (tertiary/aromatic N) is 1. The van der Waals surface area contributed by atoms with Crippen molar-refractivity contribution < 1.29 is 14.7 Å². The minimum Gasteiger partial charge on any atom is -0.507 e. The Labute approximate surface area is 166 Å². The van der Waals surface area contributed by atoms with Crippen molar-refractivity contribution in [1.82, 2.24) is 5.43 Å². The molecule has 28 heavy (non-hydrogen) atoms. The van der Waals surface area contributed by atoms with Gasteiger partial charge in [-0.3, -0.25) is 9.59 Å². The van der Waals surface area contributed by atoms with Crippen molar-refractivity contribution in [2.45, 2.75) is 0 Å². The lowest BCUT2D eigenvalue weighted by atomic mass is 10.0. The molecule has 0 aromatic heterocycles. The van der Waals surface area contributed by atoms with Crippen molar-refractivity contribution in [2.75, 3.05) is 16.8 Å². The van der Waals surface area contributed by atoms with Crippen molar-refractivity contribution in [3.8, 4) is 5.75 Å². The Morgan fingerprint density at radius 2 is 1.64 bits per heavy atom. The summed E-state index contributed by atoms with van der Waals surface area (Å²) < 4.78 is 0. The predicted molar refractivity (Wildman–Crippen MR) is 114 cm³/mol. The topological polar surface area (TPSA) is 90.8 Å². The summed E-state index contributed by atoms with van der Waals surface area (Å²) in [6, 6.07) is 20.1. The second kappa shape index (κ2) is 9.57. The lowest BCUT2D eigenvalue weighted by Crippen LogP contribution is -2.21. The number of para-hydroxylation sites is 1. The minimum atomic E-state index is -0.325. The number of anilines is 1. The molecule has 0 fully saturated rings. The zero-order valence-corrected chi connectivity index (χ0v) is 15.8. The highest BCUT2D eigenvalue weighted by molar-refractivity contribution is 8.00. The van der Waals surface area contributed by atoms with Gasteiger partial charge in [-0.05, 0) is 29.0 Å². The van der Waals surface area contributed by atoms with E-state index < -0.39 is 0 Å². The van der Waals surface area contributed by atoms with E-state index in [0.29, 0.717) is 5.56 Å². The van der Waals surface area contributed by atoms with Crippen LogP contribution in [0.4, 0.5) is 5.69 Å². The van der Waals surface area contributed by atoms with Crippen molar-refractivity contribution in [3.63, 3.8) is 0 Å². The number of rotatable bonds is 7. The maximum atomic E-state index is 11.9. The highest BCUT2D eigenvalue weighted by Gasteiger charge is 2.07. The molecule has 0 unspecified atom stereocenters. The molecule has 0 atom stereocenters. The van der Waals surface area contributed by atoms with E-state index in [-0.39, 0.29) is 29.1 Å². The van der Waals surface area contributed by atoms with Crippen LogP contribution < -0.4 is 10.7 Å². The summed E-state index contributed by atoms with van der Waals surface area (Å²) in [6.07, 6.45) is 1.42. The Morgan fingerprint density at radius 1 is 0.929 bits per heavy atom. The first-order chi connectivity index (χ1) is 13.6. The molecule has 0 aliphatic carbocycles. The number of benzene rings is 3. The molecule has 3 rings (SSSR count). The fraction of sp³-hybridized carbons (Fsp3) is 0.0952.